The summed E-state index contributed by atoms with van der Waals surface area (Å²) >= 11 is 0. The first-order chi connectivity index (χ1) is 12.1. The molecule has 0 saturated heterocycles. The molecule has 0 unspecified atom stereocenters. The minimum Gasteiger partial charge on any atom is -0.354 e. The zero-order valence-electron chi connectivity index (χ0n) is 13.3. The minimum absolute atomic E-state index is 0.112. The molecule has 0 atom stereocenters. The lowest BCUT2D eigenvalue weighted by molar-refractivity contribution is -0.385. The number of benzene rings is 2. The van der Waals surface area contributed by atoms with Crippen LogP contribution in [0.15, 0.2) is 60.8 Å². The van der Waals surface area contributed by atoms with Crippen LogP contribution in [0.5, 0.6) is 0 Å². The topological polar surface area (TPSA) is 102 Å². The third-order valence-corrected chi connectivity index (χ3v) is 3.56. The highest BCUT2D eigenvalue weighted by Crippen LogP contribution is 2.26. The quantitative estimate of drug-likeness (QED) is 0.549. The molecule has 1 aromatic heterocycles. The summed E-state index contributed by atoms with van der Waals surface area (Å²) in [6.45, 7) is 0. The second kappa shape index (κ2) is 6.83. The van der Waals surface area contributed by atoms with Crippen LogP contribution in [0.25, 0.3) is 0 Å². The van der Waals surface area contributed by atoms with Crippen molar-refractivity contribution in [2.75, 3.05) is 10.6 Å². The molecule has 0 spiro atoms. The standard InChI is InChI=1S/C17H15N5O3/c1-21-16(15(11-18-21)22(24)25)17(23)20-14-10-6-5-9-13(14)19-12-7-3-2-4-8-12/h2-11,19H,1H3,(H,20,23). The second-order valence-electron chi connectivity index (χ2n) is 5.25. The van der Waals surface area contributed by atoms with Gasteiger partial charge in [0.15, 0.2) is 0 Å². The predicted molar refractivity (Wildman–Crippen MR) is 94.0 cm³/mol. The van der Waals surface area contributed by atoms with Crippen molar-refractivity contribution in [3.05, 3.63) is 76.6 Å². The lowest BCUT2D eigenvalue weighted by atomic mass is 10.2. The summed E-state index contributed by atoms with van der Waals surface area (Å²) in [5, 5.41) is 20.8. The van der Waals surface area contributed by atoms with Crippen molar-refractivity contribution in [3.8, 4) is 0 Å². The van der Waals surface area contributed by atoms with E-state index in [-0.39, 0.29) is 11.4 Å². The van der Waals surface area contributed by atoms with Gasteiger partial charge in [0.25, 0.3) is 5.91 Å². The molecule has 1 heterocycles. The Hall–Kier alpha value is -3.68. The molecule has 1 amide bonds. The van der Waals surface area contributed by atoms with Crippen LogP contribution in [0.4, 0.5) is 22.7 Å². The highest BCUT2D eigenvalue weighted by molar-refractivity contribution is 6.07. The molecule has 8 nitrogen and oxygen atoms in total. The SMILES string of the molecule is Cn1ncc([N+](=O)[O-])c1C(=O)Nc1ccccc1Nc1ccccc1. The van der Waals surface area contributed by atoms with E-state index in [0.717, 1.165) is 11.9 Å². The van der Waals surface area contributed by atoms with Gasteiger partial charge in [-0.2, -0.15) is 5.10 Å². The molecular formula is C17H15N5O3. The Bertz CT molecular complexity index is 921. The van der Waals surface area contributed by atoms with E-state index in [1.165, 1.54) is 11.7 Å². The largest absolute Gasteiger partial charge is 0.354 e. The molecule has 0 aliphatic rings. The average Bonchev–Trinajstić information content (AvgIpc) is 2.99. The third kappa shape index (κ3) is 3.47. The Balaban J connectivity index is 1.88. The van der Waals surface area contributed by atoms with E-state index < -0.39 is 10.8 Å². The Morgan fingerprint density at radius 2 is 1.72 bits per heavy atom. The van der Waals surface area contributed by atoms with Crippen LogP contribution in [0, 0.1) is 10.1 Å². The zero-order valence-corrected chi connectivity index (χ0v) is 13.3. The van der Waals surface area contributed by atoms with Crippen molar-refractivity contribution in [1.29, 1.82) is 0 Å². The number of hydrogen-bond acceptors (Lipinski definition) is 5. The van der Waals surface area contributed by atoms with Crippen molar-refractivity contribution in [2.24, 2.45) is 7.05 Å². The summed E-state index contributed by atoms with van der Waals surface area (Å²) < 4.78 is 1.18. The van der Waals surface area contributed by atoms with Gasteiger partial charge in [0.2, 0.25) is 5.69 Å². The number of amides is 1. The zero-order chi connectivity index (χ0) is 17.8. The Kier molecular flexibility index (Phi) is 4.42. The van der Waals surface area contributed by atoms with Crippen LogP contribution in [-0.4, -0.2) is 20.6 Å². The van der Waals surface area contributed by atoms with E-state index in [9.17, 15) is 14.9 Å². The molecule has 0 aliphatic carbocycles. The van der Waals surface area contributed by atoms with Crippen LogP contribution in [0.3, 0.4) is 0 Å². The fraction of sp³-hybridized carbons (Fsp3) is 0.0588. The summed E-state index contributed by atoms with van der Waals surface area (Å²) in [5.41, 5.74) is 1.59. The van der Waals surface area contributed by atoms with Crippen molar-refractivity contribution in [3.63, 3.8) is 0 Å². The van der Waals surface area contributed by atoms with Gasteiger partial charge < -0.3 is 10.6 Å². The molecule has 0 fully saturated rings. The molecule has 0 radical (unpaired) electrons. The van der Waals surface area contributed by atoms with E-state index in [4.69, 9.17) is 0 Å². The van der Waals surface area contributed by atoms with Gasteiger partial charge in [-0.3, -0.25) is 19.6 Å². The highest BCUT2D eigenvalue weighted by atomic mass is 16.6. The van der Waals surface area contributed by atoms with E-state index >= 15 is 0 Å². The fourth-order valence-corrected chi connectivity index (χ4v) is 2.38. The van der Waals surface area contributed by atoms with Crippen molar-refractivity contribution < 1.29 is 9.72 Å². The highest BCUT2D eigenvalue weighted by Gasteiger charge is 2.25. The van der Waals surface area contributed by atoms with Gasteiger partial charge in [0.05, 0.1) is 16.3 Å². The van der Waals surface area contributed by atoms with Gasteiger partial charge in [-0.15, -0.1) is 0 Å². The summed E-state index contributed by atoms with van der Waals surface area (Å²) in [6.07, 6.45) is 1.06. The second-order valence-corrected chi connectivity index (χ2v) is 5.25. The molecule has 8 heteroatoms. The van der Waals surface area contributed by atoms with Crippen molar-refractivity contribution in [2.45, 2.75) is 0 Å². The molecule has 0 bridgehead atoms. The number of nitrogens with one attached hydrogen (secondary N) is 2. The monoisotopic (exact) mass is 337 g/mol. The van der Waals surface area contributed by atoms with Crippen LogP contribution in [-0.2, 0) is 7.05 Å². The summed E-state index contributed by atoms with van der Waals surface area (Å²) in [6, 6.07) is 16.6. The normalized spacial score (nSPS) is 10.3. The fourth-order valence-electron chi connectivity index (χ4n) is 2.38. The maximum atomic E-state index is 12.5. The molecule has 2 N–H and O–H groups in total. The first kappa shape index (κ1) is 16.2. The average molecular weight is 337 g/mol. The number of aromatic nitrogens is 2. The van der Waals surface area contributed by atoms with Gasteiger partial charge in [-0.1, -0.05) is 30.3 Å². The smallest absolute Gasteiger partial charge is 0.320 e. The number of hydrogen-bond donors (Lipinski definition) is 2. The number of anilines is 3. The Labute approximate surface area is 143 Å². The lowest BCUT2D eigenvalue weighted by Gasteiger charge is -2.13. The molecule has 3 aromatic rings. The first-order valence-electron chi connectivity index (χ1n) is 7.45. The maximum absolute atomic E-state index is 12.5. The summed E-state index contributed by atoms with van der Waals surface area (Å²) in [4.78, 5) is 23.0. The van der Waals surface area contributed by atoms with Crippen LogP contribution in [0.2, 0.25) is 0 Å². The predicted octanol–water partition coefficient (Wildman–Crippen LogP) is 3.32. The van der Waals surface area contributed by atoms with E-state index in [2.05, 4.69) is 15.7 Å². The molecular weight excluding hydrogens is 322 g/mol. The van der Waals surface area contributed by atoms with E-state index in [0.29, 0.717) is 11.4 Å². The van der Waals surface area contributed by atoms with Crippen LogP contribution >= 0.6 is 0 Å². The minimum atomic E-state index is -0.629. The molecule has 3 rings (SSSR count). The number of nitrogens with zero attached hydrogens (tertiary/aromatic N) is 3. The number of carbonyl (C=O) groups excluding carboxylic acids is 1. The number of rotatable bonds is 5. The molecule has 2 aromatic carbocycles. The van der Waals surface area contributed by atoms with Gasteiger partial charge in [0.1, 0.15) is 6.20 Å². The van der Waals surface area contributed by atoms with E-state index in [1.807, 2.05) is 36.4 Å². The Morgan fingerprint density at radius 3 is 2.40 bits per heavy atom. The molecule has 25 heavy (non-hydrogen) atoms. The lowest BCUT2D eigenvalue weighted by Crippen LogP contribution is -2.18. The number of aryl methyl sites for hydroxylation is 1. The van der Waals surface area contributed by atoms with E-state index in [1.54, 1.807) is 18.2 Å². The first-order valence-corrected chi connectivity index (χ1v) is 7.45. The Morgan fingerprint density at radius 1 is 1.08 bits per heavy atom. The molecule has 0 aliphatic heterocycles. The summed E-state index contributed by atoms with van der Waals surface area (Å²) in [7, 11) is 1.48. The van der Waals surface area contributed by atoms with Gasteiger partial charge >= 0.3 is 5.69 Å². The number of para-hydroxylation sites is 3. The third-order valence-electron chi connectivity index (χ3n) is 3.56. The number of carbonyl (C=O) groups is 1. The van der Waals surface area contributed by atoms with Gasteiger partial charge in [-0.05, 0) is 24.3 Å². The molecule has 0 saturated carbocycles. The number of nitro groups is 1. The van der Waals surface area contributed by atoms with Crippen molar-refractivity contribution >= 4 is 28.7 Å². The maximum Gasteiger partial charge on any atom is 0.320 e. The summed E-state index contributed by atoms with van der Waals surface area (Å²) in [5.74, 6) is -0.603. The van der Waals surface area contributed by atoms with Gasteiger partial charge in [-0.25, -0.2) is 0 Å². The molecule has 126 valence electrons. The van der Waals surface area contributed by atoms with Gasteiger partial charge in [0, 0.05) is 12.7 Å². The van der Waals surface area contributed by atoms with Crippen LogP contribution < -0.4 is 10.6 Å². The van der Waals surface area contributed by atoms with Crippen LogP contribution in [0.1, 0.15) is 10.5 Å². The van der Waals surface area contributed by atoms with Crippen molar-refractivity contribution in [1.82, 2.24) is 9.78 Å².